The lowest BCUT2D eigenvalue weighted by Gasteiger charge is -2.23. The largest absolute Gasteiger partial charge is 0.398 e. The maximum absolute atomic E-state index is 12.4. The Bertz CT molecular complexity index is 819. The Labute approximate surface area is 150 Å². The minimum atomic E-state index is -0.452. The molecule has 9 heteroatoms. The van der Waals surface area contributed by atoms with Gasteiger partial charge in [-0.2, -0.15) is 4.98 Å². The molecule has 136 valence electrons. The Morgan fingerprint density at radius 1 is 1.23 bits per heavy atom. The maximum atomic E-state index is 12.4. The number of nitrogens with one attached hydrogen (secondary N) is 3. The second-order valence-corrected chi connectivity index (χ2v) is 5.96. The summed E-state index contributed by atoms with van der Waals surface area (Å²) in [6.07, 6.45) is 3.02. The summed E-state index contributed by atoms with van der Waals surface area (Å²) in [6.45, 7) is 1.23. The molecule has 1 aromatic heterocycles. The average Bonchev–Trinajstić information content (AvgIpc) is 2.63. The third-order valence-electron chi connectivity index (χ3n) is 4.05. The highest BCUT2D eigenvalue weighted by Crippen LogP contribution is 2.21. The summed E-state index contributed by atoms with van der Waals surface area (Å²) >= 11 is 0. The fraction of sp³-hybridized carbons (Fsp3) is 0.294. The highest BCUT2D eigenvalue weighted by atomic mass is 16.5. The van der Waals surface area contributed by atoms with Crippen LogP contribution in [0.1, 0.15) is 18.4 Å². The van der Waals surface area contributed by atoms with Crippen molar-refractivity contribution in [2.24, 2.45) is 0 Å². The lowest BCUT2D eigenvalue weighted by Crippen LogP contribution is -2.42. The molecule has 0 atom stereocenters. The van der Waals surface area contributed by atoms with Crippen LogP contribution >= 0.6 is 0 Å². The molecule has 3 rings (SSSR count). The SMILES string of the molecule is N=C(C(=O)NC1CCOCC1)c1cc(Nc2ccnc(N)n2)ccc1N. The molecule has 0 radical (unpaired) electrons. The molecule has 7 N–H and O–H groups in total. The van der Waals surface area contributed by atoms with Crippen LogP contribution in [-0.2, 0) is 9.53 Å². The summed E-state index contributed by atoms with van der Waals surface area (Å²) in [6, 6.07) is 6.69. The molecule has 0 aliphatic carbocycles. The highest BCUT2D eigenvalue weighted by molar-refractivity contribution is 6.45. The first-order valence-corrected chi connectivity index (χ1v) is 8.25. The van der Waals surface area contributed by atoms with E-state index in [2.05, 4.69) is 20.6 Å². The molecule has 26 heavy (non-hydrogen) atoms. The Hall–Kier alpha value is -3.20. The third kappa shape index (κ3) is 4.25. The van der Waals surface area contributed by atoms with Gasteiger partial charge in [-0.15, -0.1) is 0 Å². The highest BCUT2D eigenvalue weighted by Gasteiger charge is 2.21. The normalized spacial score (nSPS) is 14.6. The monoisotopic (exact) mass is 355 g/mol. The molecule has 1 saturated heterocycles. The predicted octanol–water partition coefficient (Wildman–Crippen LogP) is 1.05. The molecule has 0 saturated carbocycles. The van der Waals surface area contributed by atoms with E-state index >= 15 is 0 Å². The van der Waals surface area contributed by atoms with Crippen molar-refractivity contribution in [1.82, 2.24) is 15.3 Å². The van der Waals surface area contributed by atoms with E-state index in [9.17, 15) is 4.79 Å². The van der Waals surface area contributed by atoms with Crippen LogP contribution in [0.3, 0.4) is 0 Å². The van der Waals surface area contributed by atoms with E-state index < -0.39 is 5.91 Å². The van der Waals surface area contributed by atoms with Crippen LogP contribution in [0, 0.1) is 5.41 Å². The number of carbonyl (C=O) groups is 1. The molecule has 0 bridgehead atoms. The fourth-order valence-electron chi connectivity index (χ4n) is 2.66. The van der Waals surface area contributed by atoms with E-state index in [1.807, 2.05) is 0 Å². The summed E-state index contributed by atoms with van der Waals surface area (Å²) in [4.78, 5) is 20.3. The van der Waals surface area contributed by atoms with E-state index in [0.29, 0.717) is 36.0 Å². The number of anilines is 4. The van der Waals surface area contributed by atoms with Gasteiger partial charge in [0.25, 0.3) is 5.91 Å². The topological polar surface area (TPSA) is 152 Å². The minimum absolute atomic E-state index is 0.0168. The molecule has 0 spiro atoms. The number of nitrogens with zero attached hydrogens (tertiary/aromatic N) is 2. The average molecular weight is 355 g/mol. The number of rotatable bonds is 5. The van der Waals surface area contributed by atoms with Crippen molar-refractivity contribution in [1.29, 1.82) is 5.41 Å². The number of ether oxygens (including phenoxy) is 1. The minimum Gasteiger partial charge on any atom is -0.398 e. The fourth-order valence-corrected chi connectivity index (χ4v) is 2.66. The molecule has 1 amide bonds. The van der Waals surface area contributed by atoms with Crippen molar-refractivity contribution < 1.29 is 9.53 Å². The number of hydrogen-bond donors (Lipinski definition) is 5. The summed E-state index contributed by atoms with van der Waals surface area (Å²) in [5.74, 6) is 0.202. The van der Waals surface area contributed by atoms with Gasteiger partial charge in [-0.1, -0.05) is 0 Å². The van der Waals surface area contributed by atoms with Gasteiger partial charge in [0.05, 0.1) is 0 Å². The molecular formula is C17H21N7O2. The summed E-state index contributed by atoms with van der Waals surface area (Å²) in [5.41, 5.74) is 12.7. The number of hydrogen-bond acceptors (Lipinski definition) is 8. The second-order valence-electron chi connectivity index (χ2n) is 5.96. The molecule has 0 unspecified atom stereocenters. The Morgan fingerprint density at radius 3 is 2.73 bits per heavy atom. The summed E-state index contributed by atoms with van der Waals surface area (Å²) in [5, 5.41) is 14.1. The van der Waals surface area contributed by atoms with Crippen molar-refractivity contribution in [3.63, 3.8) is 0 Å². The predicted molar refractivity (Wildman–Crippen MR) is 99.4 cm³/mol. The standard InChI is InChI=1S/C17H21N7O2/c18-13-2-1-11(22-14-3-6-21-17(20)24-14)9-12(13)15(19)16(25)23-10-4-7-26-8-5-10/h1-3,6,9-10,19H,4-5,7-8,18H2,(H,23,25)(H3,20,21,22,24). The number of aromatic nitrogens is 2. The van der Waals surface area contributed by atoms with Crippen molar-refractivity contribution in [3.8, 4) is 0 Å². The first-order valence-electron chi connectivity index (χ1n) is 8.25. The molecular weight excluding hydrogens is 334 g/mol. The lowest BCUT2D eigenvalue weighted by atomic mass is 10.0. The molecule has 1 fully saturated rings. The number of carbonyl (C=O) groups excluding carboxylic acids is 1. The van der Waals surface area contributed by atoms with Crippen molar-refractivity contribution in [2.75, 3.05) is 30.0 Å². The van der Waals surface area contributed by atoms with Crippen LogP contribution in [0.25, 0.3) is 0 Å². The zero-order chi connectivity index (χ0) is 18.5. The van der Waals surface area contributed by atoms with Gasteiger partial charge in [-0.25, -0.2) is 4.98 Å². The van der Waals surface area contributed by atoms with Gasteiger partial charge < -0.3 is 26.8 Å². The first kappa shape index (κ1) is 17.6. The van der Waals surface area contributed by atoms with Gasteiger partial charge in [0.1, 0.15) is 11.5 Å². The molecule has 9 nitrogen and oxygen atoms in total. The zero-order valence-electron chi connectivity index (χ0n) is 14.2. The summed E-state index contributed by atoms with van der Waals surface area (Å²) in [7, 11) is 0. The van der Waals surface area contributed by atoms with Gasteiger partial charge in [0, 0.05) is 42.4 Å². The zero-order valence-corrected chi connectivity index (χ0v) is 14.2. The second kappa shape index (κ2) is 7.79. The molecule has 1 aliphatic heterocycles. The van der Waals surface area contributed by atoms with Crippen LogP contribution in [0.2, 0.25) is 0 Å². The van der Waals surface area contributed by atoms with E-state index in [1.165, 1.54) is 6.20 Å². The van der Waals surface area contributed by atoms with Crippen LogP contribution in [0.5, 0.6) is 0 Å². The number of nitrogens with two attached hydrogens (primary N) is 2. The van der Waals surface area contributed by atoms with Gasteiger partial charge in [-0.3, -0.25) is 10.2 Å². The first-order chi connectivity index (χ1) is 12.5. The number of benzene rings is 1. The Kier molecular flexibility index (Phi) is 5.28. The van der Waals surface area contributed by atoms with Crippen molar-refractivity contribution >= 4 is 34.8 Å². The van der Waals surface area contributed by atoms with Gasteiger partial charge in [-0.05, 0) is 37.1 Å². The summed E-state index contributed by atoms with van der Waals surface area (Å²) < 4.78 is 5.27. The van der Waals surface area contributed by atoms with E-state index in [4.69, 9.17) is 21.6 Å². The van der Waals surface area contributed by atoms with E-state index in [-0.39, 0.29) is 17.7 Å². The molecule has 2 aromatic rings. The van der Waals surface area contributed by atoms with Crippen molar-refractivity contribution in [3.05, 3.63) is 36.0 Å². The van der Waals surface area contributed by atoms with Crippen LogP contribution in [0.4, 0.5) is 23.1 Å². The maximum Gasteiger partial charge on any atom is 0.270 e. The number of amides is 1. The molecule has 1 aliphatic rings. The quantitative estimate of drug-likeness (QED) is 0.397. The Morgan fingerprint density at radius 2 is 2.00 bits per heavy atom. The number of nitrogen functional groups attached to an aromatic ring is 2. The smallest absolute Gasteiger partial charge is 0.270 e. The lowest BCUT2D eigenvalue weighted by molar-refractivity contribution is -0.116. The van der Waals surface area contributed by atoms with Crippen LogP contribution in [-0.4, -0.2) is 40.8 Å². The molecule has 2 heterocycles. The van der Waals surface area contributed by atoms with E-state index in [0.717, 1.165) is 12.8 Å². The Balaban J connectivity index is 1.73. The van der Waals surface area contributed by atoms with E-state index in [1.54, 1.807) is 24.3 Å². The van der Waals surface area contributed by atoms with Crippen LogP contribution in [0.15, 0.2) is 30.5 Å². The molecule has 1 aromatic carbocycles. The van der Waals surface area contributed by atoms with Gasteiger partial charge in [0.2, 0.25) is 5.95 Å². The van der Waals surface area contributed by atoms with Gasteiger partial charge in [0.15, 0.2) is 0 Å². The van der Waals surface area contributed by atoms with Gasteiger partial charge >= 0.3 is 0 Å². The van der Waals surface area contributed by atoms with Crippen LogP contribution < -0.4 is 22.1 Å². The third-order valence-corrected chi connectivity index (χ3v) is 4.05. The van der Waals surface area contributed by atoms with Crippen molar-refractivity contribution in [2.45, 2.75) is 18.9 Å².